The molecule has 8 heteroatoms. The second-order valence-corrected chi connectivity index (χ2v) is 6.55. The van der Waals surface area contributed by atoms with Crippen LogP contribution in [0.1, 0.15) is 10.4 Å². The van der Waals surface area contributed by atoms with Crippen LogP contribution in [-0.4, -0.2) is 34.7 Å². The van der Waals surface area contributed by atoms with Crippen LogP contribution < -0.4 is 15.5 Å². The van der Waals surface area contributed by atoms with E-state index in [9.17, 15) is 4.79 Å². The first-order valence-corrected chi connectivity index (χ1v) is 9.27. The molecule has 2 aromatic heterocycles. The van der Waals surface area contributed by atoms with Gasteiger partial charge in [0.15, 0.2) is 5.75 Å². The number of fused-ring (bicyclic) bond motifs is 1. The van der Waals surface area contributed by atoms with Gasteiger partial charge in [-0.1, -0.05) is 18.2 Å². The fourth-order valence-electron chi connectivity index (χ4n) is 3.40. The minimum Gasteiger partial charge on any atom is -0.494 e. The molecule has 4 rings (SSSR count). The van der Waals surface area contributed by atoms with Crippen molar-refractivity contribution >= 4 is 28.3 Å². The summed E-state index contributed by atoms with van der Waals surface area (Å²) in [7, 11) is 4.96. The van der Waals surface area contributed by atoms with Crippen LogP contribution in [0, 0.1) is 0 Å². The maximum Gasteiger partial charge on any atom is 0.278 e. The minimum absolute atomic E-state index is 0.342. The smallest absolute Gasteiger partial charge is 0.278 e. The van der Waals surface area contributed by atoms with Crippen LogP contribution in [0.4, 0.5) is 11.4 Å². The molecule has 8 nitrogen and oxygen atoms in total. The molecule has 0 aliphatic heterocycles. The van der Waals surface area contributed by atoms with Crippen LogP contribution in [-0.2, 0) is 11.9 Å². The van der Waals surface area contributed by atoms with Gasteiger partial charge < -0.3 is 14.6 Å². The molecular weight excluding hydrogens is 382 g/mol. The number of amides is 1. The van der Waals surface area contributed by atoms with Crippen molar-refractivity contribution in [2.45, 2.75) is 0 Å². The number of benzene rings is 2. The first-order chi connectivity index (χ1) is 14.6. The SMILES string of the molecule is CONC(=O)c1cnccc1Nc1cccc(-c2nc3ccccc3n2C)c1OC. The van der Waals surface area contributed by atoms with E-state index in [2.05, 4.69) is 15.8 Å². The van der Waals surface area contributed by atoms with Gasteiger partial charge in [0, 0.05) is 19.4 Å². The zero-order chi connectivity index (χ0) is 21.1. The monoisotopic (exact) mass is 403 g/mol. The van der Waals surface area contributed by atoms with E-state index in [4.69, 9.17) is 14.6 Å². The summed E-state index contributed by atoms with van der Waals surface area (Å²) in [5.41, 5.74) is 6.68. The number of nitrogens with one attached hydrogen (secondary N) is 2. The summed E-state index contributed by atoms with van der Waals surface area (Å²) in [5.74, 6) is 0.994. The number of hydrogen-bond acceptors (Lipinski definition) is 6. The van der Waals surface area contributed by atoms with E-state index in [-0.39, 0.29) is 0 Å². The summed E-state index contributed by atoms with van der Waals surface area (Å²) in [6, 6.07) is 15.4. The minimum atomic E-state index is -0.404. The molecule has 0 unspecified atom stereocenters. The van der Waals surface area contributed by atoms with Crippen molar-refractivity contribution in [2.75, 3.05) is 19.5 Å². The number of carbonyl (C=O) groups is 1. The Kier molecular flexibility index (Phi) is 5.32. The van der Waals surface area contributed by atoms with E-state index in [1.165, 1.54) is 13.3 Å². The molecule has 0 atom stereocenters. The summed E-state index contributed by atoms with van der Waals surface area (Å²) in [6.07, 6.45) is 3.08. The molecule has 0 radical (unpaired) electrons. The number of aryl methyl sites for hydroxylation is 1. The van der Waals surface area contributed by atoms with Crippen LogP contribution in [0.2, 0.25) is 0 Å². The molecule has 0 aliphatic carbocycles. The van der Waals surface area contributed by atoms with Crippen LogP contribution >= 0.6 is 0 Å². The molecular formula is C22H21N5O3. The van der Waals surface area contributed by atoms with Gasteiger partial charge in [0.1, 0.15) is 5.82 Å². The highest BCUT2D eigenvalue weighted by Crippen LogP contribution is 2.38. The third kappa shape index (κ3) is 3.44. The second kappa shape index (κ2) is 8.22. The van der Waals surface area contributed by atoms with Crippen molar-refractivity contribution in [1.29, 1.82) is 0 Å². The maximum atomic E-state index is 12.3. The Hall–Kier alpha value is -3.91. The number of methoxy groups -OCH3 is 1. The Bertz CT molecular complexity index is 1220. The van der Waals surface area contributed by atoms with Gasteiger partial charge in [0.25, 0.3) is 5.91 Å². The van der Waals surface area contributed by atoms with Crippen LogP contribution in [0.5, 0.6) is 5.75 Å². The van der Waals surface area contributed by atoms with Crippen LogP contribution in [0.25, 0.3) is 22.4 Å². The van der Waals surface area contributed by atoms with Gasteiger partial charge >= 0.3 is 0 Å². The fourth-order valence-corrected chi connectivity index (χ4v) is 3.40. The number of para-hydroxylation sites is 3. The largest absolute Gasteiger partial charge is 0.494 e. The van der Waals surface area contributed by atoms with E-state index in [0.717, 1.165) is 22.4 Å². The van der Waals surface area contributed by atoms with E-state index in [1.807, 2.05) is 54.1 Å². The summed E-state index contributed by atoms with van der Waals surface area (Å²) in [4.78, 5) is 25.8. The molecule has 30 heavy (non-hydrogen) atoms. The normalized spacial score (nSPS) is 10.8. The predicted molar refractivity (Wildman–Crippen MR) is 115 cm³/mol. The average molecular weight is 403 g/mol. The molecule has 152 valence electrons. The first-order valence-electron chi connectivity index (χ1n) is 9.27. The van der Waals surface area contributed by atoms with Gasteiger partial charge in [-0.05, 0) is 30.3 Å². The quantitative estimate of drug-likeness (QED) is 0.478. The number of pyridine rings is 1. The van der Waals surface area contributed by atoms with Crippen molar-refractivity contribution in [2.24, 2.45) is 7.05 Å². The number of nitrogens with zero attached hydrogens (tertiary/aromatic N) is 3. The molecule has 2 aromatic carbocycles. The highest BCUT2D eigenvalue weighted by molar-refractivity contribution is 5.99. The topological polar surface area (TPSA) is 90.3 Å². The summed E-state index contributed by atoms with van der Waals surface area (Å²) < 4.78 is 7.77. The Morgan fingerprint density at radius 3 is 2.63 bits per heavy atom. The maximum absolute atomic E-state index is 12.3. The molecule has 0 fully saturated rings. The lowest BCUT2D eigenvalue weighted by Gasteiger charge is -2.16. The number of ether oxygens (including phenoxy) is 1. The van der Waals surface area contributed by atoms with E-state index in [1.54, 1.807) is 19.4 Å². The van der Waals surface area contributed by atoms with Gasteiger partial charge in [-0.3, -0.25) is 14.6 Å². The van der Waals surface area contributed by atoms with Gasteiger partial charge in [-0.25, -0.2) is 10.5 Å². The van der Waals surface area contributed by atoms with Crippen LogP contribution in [0.3, 0.4) is 0 Å². The molecule has 4 aromatic rings. The summed E-state index contributed by atoms with van der Waals surface area (Å²) in [5, 5.41) is 3.28. The zero-order valence-electron chi connectivity index (χ0n) is 16.8. The zero-order valence-corrected chi connectivity index (χ0v) is 16.8. The van der Waals surface area contributed by atoms with E-state index >= 15 is 0 Å². The fraction of sp³-hybridized carbons (Fsp3) is 0.136. The number of aromatic nitrogens is 3. The molecule has 0 saturated carbocycles. The van der Waals surface area contributed by atoms with Gasteiger partial charge in [0.05, 0.1) is 47.8 Å². The van der Waals surface area contributed by atoms with Crippen molar-refractivity contribution in [3.63, 3.8) is 0 Å². The Labute approximate surface area is 173 Å². The second-order valence-electron chi connectivity index (χ2n) is 6.55. The Balaban J connectivity index is 1.79. The van der Waals surface area contributed by atoms with E-state index < -0.39 is 5.91 Å². The Morgan fingerprint density at radius 2 is 1.87 bits per heavy atom. The highest BCUT2D eigenvalue weighted by Gasteiger charge is 2.18. The van der Waals surface area contributed by atoms with Gasteiger partial charge in [-0.15, -0.1) is 0 Å². The molecule has 1 amide bonds. The lowest BCUT2D eigenvalue weighted by Crippen LogP contribution is -2.23. The van der Waals surface area contributed by atoms with Gasteiger partial charge in [0.2, 0.25) is 0 Å². The molecule has 2 heterocycles. The summed E-state index contributed by atoms with van der Waals surface area (Å²) in [6.45, 7) is 0. The van der Waals surface area contributed by atoms with Crippen molar-refractivity contribution in [3.05, 3.63) is 66.5 Å². The Morgan fingerprint density at radius 1 is 1.03 bits per heavy atom. The van der Waals surface area contributed by atoms with Crippen molar-refractivity contribution in [3.8, 4) is 17.1 Å². The summed E-state index contributed by atoms with van der Waals surface area (Å²) >= 11 is 0. The molecule has 0 spiro atoms. The number of anilines is 2. The molecule has 0 saturated heterocycles. The number of imidazole rings is 1. The number of rotatable bonds is 6. The lowest BCUT2D eigenvalue weighted by molar-refractivity contribution is 0.0538. The number of carbonyl (C=O) groups excluding carboxylic acids is 1. The highest BCUT2D eigenvalue weighted by atomic mass is 16.6. The molecule has 2 N–H and O–H groups in total. The predicted octanol–water partition coefficient (Wildman–Crippen LogP) is 3.68. The standard InChI is InChI=1S/C22H21N5O3/c1-27-19-10-5-4-8-17(19)25-21(27)14-7-6-9-18(20(14)29-2)24-16-11-12-23-13-15(16)22(28)26-30-3/h4-13H,1-3H3,(H,23,24)(H,26,28). The molecule has 0 aliphatic rings. The van der Waals surface area contributed by atoms with Gasteiger partial charge in [-0.2, -0.15) is 0 Å². The average Bonchev–Trinajstić information content (AvgIpc) is 3.10. The molecule has 0 bridgehead atoms. The van der Waals surface area contributed by atoms with E-state index in [0.29, 0.717) is 22.7 Å². The number of hydrogen-bond donors (Lipinski definition) is 2. The van der Waals surface area contributed by atoms with Crippen molar-refractivity contribution in [1.82, 2.24) is 20.0 Å². The third-order valence-electron chi connectivity index (χ3n) is 4.78. The first kappa shape index (κ1) is 19.4. The third-order valence-corrected chi connectivity index (χ3v) is 4.78. The number of hydroxylamine groups is 1. The van der Waals surface area contributed by atoms with Crippen molar-refractivity contribution < 1.29 is 14.4 Å². The lowest BCUT2D eigenvalue weighted by atomic mass is 10.1. The van der Waals surface area contributed by atoms with Crippen LogP contribution in [0.15, 0.2) is 60.9 Å².